The van der Waals surface area contributed by atoms with Gasteiger partial charge in [0, 0.05) is 17.5 Å². The van der Waals surface area contributed by atoms with Gasteiger partial charge in [-0.25, -0.2) is 4.39 Å². The molecule has 0 fully saturated rings. The van der Waals surface area contributed by atoms with Crippen LogP contribution < -0.4 is 5.73 Å². The van der Waals surface area contributed by atoms with Gasteiger partial charge in [0.2, 0.25) is 11.7 Å². The normalized spacial score (nSPS) is 11.8. The Bertz CT molecular complexity index is 558. The van der Waals surface area contributed by atoms with Gasteiger partial charge in [0.25, 0.3) is 0 Å². The lowest BCUT2D eigenvalue weighted by molar-refractivity contribution is 0.348. The summed E-state index contributed by atoms with van der Waals surface area (Å²) in [5.41, 5.74) is 6.77. The summed E-state index contributed by atoms with van der Waals surface area (Å²) in [5.74, 6) is 0.697. The van der Waals surface area contributed by atoms with Gasteiger partial charge >= 0.3 is 0 Å². The van der Waals surface area contributed by atoms with Crippen LogP contribution in [0.1, 0.15) is 25.3 Å². The molecule has 0 aliphatic rings. The van der Waals surface area contributed by atoms with Gasteiger partial charge in [0.1, 0.15) is 5.82 Å². The Hall–Kier alpha value is -1.75. The molecule has 0 spiro atoms. The second-order valence-corrected chi connectivity index (χ2v) is 5.14. The molecule has 0 amide bonds. The molecule has 1 aromatic heterocycles. The van der Waals surface area contributed by atoms with E-state index in [9.17, 15) is 4.39 Å². The Morgan fingerprint density at radius 1 is 1.39 bits per heavy atom. The van der Waals surface area contributed by atoms with Crippen LogP contribution >= 0.6 is 0 Å². The number of aryl methyl sites for hydroxylation is 1. The van der Waals surface area contributed by atoms with E-state index in [1.165, 1.54) is 6.07 Å². The van der Waals surface area contributed by atoms with Gasteiger partial charge in [0.15, 0.2) is 0 Å². The number of aromatic nitrogens is 2. The van der Waals surface area contributed by atoms with Crippen molar-refractivity contribution in [3.05, 3.63) is 35.5 Å². The van der Waals surface area contributed by atoms with E-state index < -0.39 is 5.54 Å². The third-order valence-corrected chi connectivity index (χ3v) is 2.49. The zero-order chi connectivity index (χ0) is 13.3. The standard InChI is InChI=1S/C13H16FN3O/c1-8-6-9(4-5-10(8)14)12-16-11(18-17-12)7-13(2,3)15/h4-6H,7,15H2,1-3H3. The van der Waals surface area contributed by atoms with Crippen molar-refractivity contribution in [2.24, 2.45) is 5.73 Å². The topological polar surface area (TPSA) is 64.9 Å². The lowest BCUT2D eigenvalue weighted by Gasteiger charge is -2.14. The number of hydrogen-bond donors (Lipinski definition) is 1. The SMILES string of the molecule is Cc1cc(-c2noc(CC(C)(C)N)n2)ccc1F. The highest BCUT2D eigenvalue weighted by atomic mass is 19.1. The first kappa shape index (κ1) is 12.7. The molecule has 1 aromatic carbocycles. The van der Waals surface area contributed by atoms with Gasteiger partial charge in [-0.3, -0.25) is 0 Å². The highest BCUT2D eigenvalue weighted by Gasteiger charge is 2.17. The summed E-state index contributed by atoms with van der Waals surface area (Å²) in [6.07, 6.45) is 0.500. The zero-order valence-electron chi connectivity index (χ0n) is 10.7. The van der Waals surface area contributed by atoms with Crippen molar-refractivity contribution in [1.82, 2.24) is 10.1 Å². The molecule has 2 aromatic rings. The molecule has 0 aliphatic carbocycles. The predicted octanol–water partition coefficient (Wildman–Crippen LogP) is 2.46. The van der Waals surface area contributed by atoms with Crippen LogP contribution in [0.5, 0.6) is 0 Å². The molecular weight excluding hydrogens is 233 g/mol. The second kappa shape index (κ2) is 4.49. The van der Waals surface area contributed by atoms with Crippen molar-refractivity contribution in [3.8, 4) is 11.4 Å². The molecule has 0 saturated carbocycles. The van der Waals surface area contributed by atoms with E-state index in [2.05, 4.69) is 10.1 Å². The first-order valence-electron chi connectivity index (χ1n) is 5.73. The first-order chi connectivity index (χ1) is 8.35. The Kier molecular flexibility index (Phi) is 3.17. The molecule has 5 heteroatoms. The number of halogens is 1. The monoisotopic (exact) mass is 249 g/mol. The van der Waals surface area contributed by atoms with Crippen LogP contribution in [0.15, 0.2) is 22.7 Å². The summed E-state index contributed by atoms with van der Waals surface area (Å²) in [6, 6.07) is 4.72. The lowest BCUT2D eigenvalue weighted by Crippen LogP contribution is -2.34. The van der Waals surface area contributed by atoms with Crippen LogP contribution in [0.4, 0.5) is 4.39 Å². The Morgan fingerprint density at radius 2 is 2.11 bits per heavy atom. The summed E-state index contributed by atoms with van der Waals surface area (Å²) in [5, 5.41) is 3.88. The fourth-order valence-corrected chi connectivity index (χ4v) is 1.62. The Morgan fingerprint density at radius 3 is 2.72 bits per heavy atom. The molecule has 2 N–H and O–H groups in total. The molecule has 0 radical (unpaired) electrons. The number of nitrogens with two attached hydrogens (primary N) is 1. The highest BCUT2D eigenvalue weighted by molar-refractivity contribution is 5.55. The molecule has 96 valence electrons. The van der Waals surface area contributed by atoms with Gasteiger partial charge in [0.05, 0.1) is 0 Å². The summed E-state index contributed by atoms with van der Waals surface area (Å²) < 4.78 is 18.3. The van der Waals surface area contributed by atoms with Gasteiger partial charge in [-0.1, -0.05) is 5.16 Å². The number of benzene rings is 1. The average molecular weight is 249 g/mol. The molecule has 0 atom stereocenters. The maximum absolute atomic E-state index is 13.2. The Balaban J connectivity index is 2.26. The van der Waals surface area contributed by atoms with Crippen molar-refractivity contribution >= 4 is 0 Å². The molecule has 0 aliphatic heterocycles. The second-order valence-electron chi connectivity index (χ2n) is 5.14. The van der Waals surface area contributed by atoms with Crippen molar-refractivity contribution < 1.29 is 8.91 Å². The minimum atomic E-state index is -0.400. The van der Waals surface area contributed by atoms with E-state index in [1.807, 2.05) is 13.8 Å². The first-order valence-corrected chi connectivity index (χ1v) is 5.73. The maximum atomic E-state index is 13.2. The molecule has 1 heterocycles. The van der Waals surface area contributed by atoms with Crippen LogP contribution in [0.25, 0.3) is 11.4 Å². The summed E-state index contributed by atoms with van der Waals surface area (Å²) >= 11 is 0. The molecule has 4 nitrogen and oxygen atoms in total. The van der Waals surface area contributed by atoms with Gasteiger partial charge in [-0.2, -0.15) is 4.98 Å². The molecular formula is C13H16FN3O. The molecule has 18 heavy (non-hydrogen) atoms. The zero-order valence-corrected chi connectivity index (χ0v) is 10.7. The third-order valence-electron chi connectivity index (χ3n) is 2.49. The molecule has 0 saturated heterocycles. The number of nitrogens with zero attached hydrogens (tertiary/aromatic N) is 2. The van der Waals surface area contributed by atoms with E-state index in [0.29, 0.717) is 23.7 Å². The molecule has 0 unspecified atom stereocenters. The van der Waals surface area contributed by atoms with E-state index >= 15 is 0 Å². The summed E-state index contributed by atoms with van der Waals surface area (Å²) in [6.45, 7) is 5.47. The van der Waals surface area contributed by atoms with Crippen molar-refractivity contribution in [1.29, 1.82) is 0 Å². The minimum absolute atomic E-state index is 0.245. The van der Waals surface area contributed by atoms with Crippen molar-refractivity contribution in [2.45, 2.75) is 32.7 Å². The maximum Gasteiger partial charge on any atom is 0.228 e. The van der Waals surface area contributed by atoms with Crippen molar-refractivity contribution in [3.63, 3.8) is 0 Å². The van der Waals surface area contributed by atoms with Gasteiger partial charge < -0.3 is 10.3 Å². The molecule has 2 rings (SSSR count). The minimum Gasteiger partial charge on any atom is -0.339 e. The van der Waals surface area contributed by atoms with Crippen LogP contribution in [0.2, 0.25) is 0 Å². The smallest absolute Gasteiger partial charge is 0.228 e. The number of hydrogen-bond acceptors (Lipinski definition) is 4. The largest absolute Gasteiger partial charge is 0.339 e. The number of rotatable bonds is 3. The lowest BCUT2D eigenvalue weighted by atomic mass is 10.0. The summed E-state index contributed by atoms with van der Waals surface area (Å²) in [7, 11) is 0. The average Bonchev–Trinajstić information content (AvgIpc) is 2.68. The fraction of sp³-hybridized carbons (Fsp3) is 0.385. The van der Waals surface area contributed by atoms with Gasteiger partial charge in [-0.05, 0) is 44.5 Å². The van der Waals surface area contributed by atoms with E-state index in [0.717, 1.165) is 5.56 Å². The van der Waals surface area contributed by atoms with E-state index in [4.69, 9.17) is 10.3 Å². The quantitative estimate of drug-likeness (QED) is 0.907. The van der Waals surface area contributed by atoms with Crippen LogP contribution in [-0.2, 0) is 6.42 Å². The van der Waals surface area contributed by atoms with Crippen molar-refractivity contribution in [2.75, 3.05) is 0 Å². The fourth-order valence-electron chi connectivity index (χ4n) is 1.62. The third kappa shape index (κ3) is 2.92. The van der Waals surface area contributed by atoms with E-state index in [-0.39, 0.29) is 5.82 Å². The summed E-state index contributed by atoms with van der Waals surface area (Å²) in [4.78, 5) is 4.26. The van der Waals surface area contributed by atoms with Gasteiger partial charge in [-0.15, -0.1) is 0 Å². The predicted molar refractivity (Wildman–Crippen MR) is 66.4 cm³/mol. The molecule has 0 bridgehead atoms. The van der Waals surface area contributed by atoms with E-state index in [1.54, 1.807) is 19.1 Å². The van der Waals surface area contributed by atoms with Crippen LogP contribution in [0.3, 0.4) is 0 Å². The van der Waals surface area contributed by atoms with Crippen LogP contribution in [0, 0.1) is 12.7 Å². The van der Waals surface area contributed by atoms with Crippen LogP contribution in [-0.4, -0.2) is 15.7 Å². The highest BCUT2D eigenvalue weighted by Crippen LogP contribution is 2.20. The Labute approximate surface area is 105 Å².